The Morgan fingerprint density at radius 2 is 1.80 bits per heavy atom. The van der Waals surface area contributed by atoms with E-state index in [9.17, 15) is 24.6 Å². The van der Waals surface area contributed by atoms with E-state index in [2.05, 4.69) is 4.98 Å². The summed E-state index contributed by atoms with van der Waals surface area (Å²) in [6, 6.07) is 0. The first-order valence-electron chi connectivity index (χ1n) is 12.1. The predicted molar refractivity (Wildman–Crippen MR) is 137 cm³/mol. The van der Waals surface area contributed by atoms with Gasteiger partial charge in [-0.2, -0.15) is 0 Å². The molecule has 8 heteroatoms. The SMILES string of the molecule is C/C1=C/C[C@@H](/C(C)=C/c2csc(C)n2)OC(=O)C[C@H](O)C(C)(C)C(=O)[C@H](C)[C@@H](O)[C@@H](C)C(=O)CC1. The number of Topliss-reactive ketones (excluding diaryl/α,β-unsaturated/α-hetero) is 2. The Morgan fingerprint density at radius 1 is 1.14 bits per heavy atom. The quantitative estimate of drug-likeness (QED) is 0.451. The molecule has 0 fully saturated rings. The summed E-state index contributed by atoms with van der Waals surface area (Å²) in [7, 11) is 0. The summed E-state index contributed by atoms with van der Waals surface area (Å²) >= 11 is 1.53. The number of esters is 1. The lowest BCUT2D eigenvalue weighted by Crippen LogP contribution is -2.46. The van der Waals surface area contributed by atoms with Crippen LogP contribution in [0.4, 0.5) is 0 Å². The van der Waals surface area contributed by atoms with Crippen molar-refractivity contribution in [3.05, 3.63) is 33.3 Å². The number of thiazole rings is 1. The summed E-state index contributed by atoms with van der Waals surface area (Å²) < 4.78 is 5.76. The molecule has 2 rings (SSSR count). The van der Waals surface area contributed by atoms with Gasteiger partial charge in [0.15, 0.2) is 0 Å². The number of rotatable bonds is 2. The van der Waals surface area contributed by atoms with Gasteiger partial charge in [0.25, 0.3) is 0 Å². The number of allylic oxidation sites excluding steroid dienone is 1. The fourth-order valence-electron chi connectivity index (χ4n) is 4.21. The molecule has 194 valence electrons. The van der Waals surface area contributed by atoms with Gasteiger partial charge in [-0.1, -0.05) is 39.3 Å². The molecule has 0 unspecified atom stereocenters. The predicted octanol–water partition coefficient (Wildman–Crippen LogP) is 4.45. The van der Waals surface area contributed by atoms with E-state index in [-0.39, 0.29) is 18.6 Å². The number of aromatic nitrogens is 1. The number of carbonyl (C=O) groups excluding carboxylic acids is 3. The third-order valence-electron chi connectivity index (χ3n) is 7.01. The minimum Gasteiger partial charge on any atom is -0.457 e. The number of aliphatic hydroxyl groups excluding tert-OH is 2. The second-order valence-electron chi connectivity index (χ2n) is 10.3. The van der Waals surface area contributed by atoms with Crippen LogP contribution in [0, 0.1) is 24.2 Å². The number of aliphatic hydroxyl groups is 2. The Hall–Kier alpha value is -2.16. The van der Waals surface area contributed by atoms with Gasteiger partial charge in [-0.25, -0.2) is 4.98 Å². The van der Waals surface area contributed by atoms with Crippen molar-refractivity contribution in [2.24, 2.45) is 17.3 Å². The van der Waals surface area contributed by atoms with Crippen molar-refractivity contribution >= 4 is 34.9 Å². The monoisotopic (exact) mass is 505 g/mol. The Balaban J connectivity index is 2.38. The molecule has 2 heterocycles. The van der Waals surface area contributed by atoms with Crippen LogP contribution < -0.4 is 0 Å². The zero-order valence-corrected chi connectivity index (χ0v) is 22.6. The Kier molecular flexibility index (Phi) is 10.1. The van der Waals surface area contributed by atoms with Gasteiger partial charge < -0.3 is 14.9 Å². The first kappa shape index (κ1) is 29.1. The minimum absolute atomic E-state index is 0.117. The lowest BCUT2D eigenvalue weighted by atomic mass is 9.73. The third-order valence-corrected chi connectivity index (χ3v) is 7.81. The highest BCUT2D eigenvalue weighted by Gasteiger charge is 2.43. The lowest BCUT2D eigenvalue weighted by molar-refractivity contribution is -0.154. The van der Waals surface area contributed by atoms with Crippen LogP contribution in [0.5, 0.6) is 0 Å². The highest BCUT2D eigenvalue weighted by atomic mass is 32.1. The molecule has 35 heavy (non-hydrogen) atoms. The molecule has 0 aromatic carbocycles. The van der Waals surface area contributed by atoms with Gasteiger partial charge in [-0.15, -0.1) is 11.3 Å². The number of aryl methyl sites for hydroxylation is 1. The van der Waals surface area contributed by atoms with Crippen molar-refractivity contribution in [3.8, 4) is 0 Å². The van der Waals surface area contributed by atoms with Crippen molar-refractivity contribution in [1.82, 2.24) is 4.98 Å². The van der Waals surface area contributed by atoms with E-state index >= 15 is 0 Å². The molecule has 0 saturated heterocycles. The Labute approximate surface area is 212 Å². The van der Waals surface area contributed by atoms with E-state index in [1.807, 2.05) is 38.3 Å². The number of carbonyl (C=O) groups is 3. The van der Waals surface area contributed by atoms with Crippen LogP contribution in [0.3, 0.4) is 0 Å². The molecule has 0 amide bonds. The molecule has 1 aromatic rings. The van der Waals surface area contributed by atoms with Crippen LogP contribution in [0.25, 0.3) is 6.08 Å². The molecule has 1 aromatic heterocycles. The van der Waals surface area contributed by atoms with E-state index in [0.29, 0.717) is 12.8 Å². The highest BCUT2D eigenvalue weighted by Crippen LogP contribution is 2.32. The summed E-state index contributed by atoms with van der Waals surface area (Å²) in [6.07, 6.45) is 1.58. The van der Waals surface area contributed by atoms with Crippen LogP contribution in [0.15, 0.2) is 22.6 Å². The fraction of sp³-hybridized carbons (Fsp3) is 0.630. The van der Waals surface area contributed by atoms with Crippen molar-refractivity contribution in [2.45, 2.75) is 92.5 Å². The zero-order valence-electron chi connectivity index (χ0n) is 21.8. The van der Waals surface area contributed by atoms with Gasteiger partial charge in [-0.05, 0) is 38.8 Å². The van der Waals surface area contributed by atoms with E-state index < -0.39 is 47.3 Å². The van der Waals surface area contributed by atoms with Crippen molar-refractivity contribution in [2.75, 3.05) is 0 Å². The van der Waals surface area contributed by atoms with Gasteiger partial charge >= 0.3 is 5.97 Å². The highest BCUT2D eigenvalue weighted by molar-refractivity contribution is 7.09. The lowest BCUT2D eigenvalue weighted by Gasteiger charge is -2.34. The molecule has 0 bridgehead atoms. The second-order valence-corrected chi connectivity index (χ2v) is 11.3. The fourth-order valence-corrected chi connectivity index (χ4v) is 4.78. The van der Waals surface area contributed by atoms with E-state index in [4.69, 9.17) is 4.74 Å². The molecule has 0 spiro atoms. The molecular weight excluding hydrogens is 466 g/mol. The molecule has 5 atom stereocenters. The topological polar surface area (TPSA) is 114 Å². The molecule has 0 radical (unpaired) electrons. The first-order chi connectivity index (χ1) is 16.2. The summed E-state index contributed by atoms with van der Waals surface area (Å²) in [6.45, 7) is 12.0. The normalized spacial score (nSPS) is 31.6. The van der Waals surface area contributed by atoms with Gasteiger partial charge in [-0.3, -0.25) is 14.4 Å². The summed E-state index contributed by atoms with van der Waals surface area (Å²) in [5.41, 5.74) is 1.25. The van der Waals surface area contributed by atoms with Crippen LogP contribution in [-0.4, -0.2) is 51.0 Å². The molecule has 1 aliphatic rings. The number of ether oxygens (including phenoxy) is 1. The molecule has 1 aliphatic heterocycles. The van der Waals surface area contributed by atoms with Gasteiger partial charge in [0.05, 0.1) is 34.7 Å². The largest absolute Gasteiger partial charge is 0.457 e. The summed E-state index contributed by atoms with van der Waals surface area (Å²) in [5, 5.41) is 24.4. The molecule has 7 nitrogen and oxygen atoms in total. The van der Waals surface area contributed by atoms with Crippen LogP contribution in [0.2, 0.25) is 0 Å². The van der Waals surface area contributed by atoms with Crippen molar-refractivity contribution in [3.63, 3.8) is 0 Å². The van der Waals surface area contributed by atoms with E-state index in [1.54, 1.807) is 27.7 Å². The summed E-state index contributed by atoms with van der Waals surface area (Å²) in [5.74, 6) is -2.72. The van der Waals surface area contributed by atoms with Gasteiger partial charge in [0, 0.05) is 30.1 Å². The molecular formula is C27H39NO6S. The van der Waals surface area contributed by atoms with Crippen molar-refractivity contribution < 1.29 is 29.3 Å². The van der Waals surface area contributed by atoms with Gasteiger partial charge in [0.1, 0.15) is 17.7 Å². The molecule has 2 N–H and O–H groups in total. The maximum absolute atomic E-state index is 13.2. The maximum atomic E-state index is 13.2. The van der Waals surface area contributed by atoms with Crippen molar-refractivity contribution in [1.29, 1.82) is 0 Å². The molecule has 0 saturated carbocycles. The molecule has 0 aliphatic carbocycles. The minimum atomic E-state index is -1.31. The Morgan fingerprint density at radius 3 is 2.40 bits per heavy atom. The second kappa shape index (κ2) is 12.2. The number of hydrogen-bond acceptors (Lipinski definition) is 8. The average Bonchev–Trinajstić information content (AvgIpc) is 3.21. The average molecular weight is 506 g/mol. The van der Waals surface area contributed by atoms with Crippen LogP contribution in [-0.2, 0) is 19.1 Å². The standard InChI is InChI=1S/C27H39NO6S/c1-15-8-10-21(29)17(3)25(32)18(4)26(33)27(6,7)23(30)13-24(31)34-22(11-9-15)16(2)12-20-14-35-19(5)28-20/h9,12,14,17-18,22-23,25,30,32H,8,10-11,13H2,1-7H3/b15-9-,16-12+/t17-,18+,22-,23-,25-/m0/s1. The zero-order chi connectivity index (χ0) is 26.5. The van der Waals surface area contributed by atoms with Crippen LogP contribution in [0.1, 0.15) is 77.9 Å². The smallest absolute Gasteiger partial charge is 0.309 e. The number of ketones is 2. The first-order valence-corrected chi connectivity index (χ1v) is 13.0. The number of hydrogen-bond donors (Lipinski definition) is 2. The Bertz CT molecular complexity index is 992. The third kappa shape index (κ3) is 7.66. The number of cyclic esters (lactones) is 1. The maximum Gasteiger partial charge on any atom is 0.309 e. The van der Waals surface area contributed by atoms with E-state index in [1.165, 1.54) is 11.3 Å². The van der Waals surface area contributed by atoms with Gasteiger partial charge in [0.2, 0.25) is 0 Å². The van der Waals surface area contributed by atoms with Crippen LogP contribution >= 0.6 is 11.3 Å². The number of nitrogens with zero attached hydrogens (tertiary/aromatic N) is 1. The van der Waals surface area contributed by atoms with E-state index in [0.717, 1.165) is 21.8 Å². The summed E-state index contributed by atoms with van der Waals surface area (Å²) in [4.78, 5) is 43.2.